The number of ether oxygens (including phenoxy) is 1. The van der Waals surface area contributed by atoms with Crippen molar-refractivity contribution >= 4 is 22.0 Å². The van der Waals surface area contributed by atoms with Gasteiger partial charge in [-0.25, -0.2) is 8.42 Å². The Morgan fingerprint density at radius 3 is 2.50 bits per heavy atom. The van der Waals surface area contributed by atoms with Crippen molar-refractivity contribution in [2.45, 2.75) is 26.3 Å². The van der Waals surface area contributed by atoms with E-state index in [0.717, 1.165) is 11.0 Å². The number of hydrogen-bond acceptors (Lipinski definition) is 4. The van der Waals surface area contributed by atoms with Gasteiger partial charge in [-0.05, 0) is 24.0 Å². The molecule has 1 rings (SSSR count). The molecule has 0 heterocycles. The molecular formula is C17H26N2O4S. The Kier molecular flexibility index (Phi) is 8.67. The second kappa shape index (κ2) is 10.2. The van der Waals surface area contributed by atoms with Gasteiger partial charge in [0.15, 0.2) is 0 Å². The molecule has 0 unspecified atom stereocenters. The summed E-state index contributed by atoms with van der Waals surface area (Å²) in [6.45, 7) is 4.57. The molecule has 0 aliphatic carbocycles. The Labute approximate surface area is 144 Å². The van der Waals surface area contributed by atoms with Crippen LogP contribution in [-0.2, 0) is 19.6 Å². The normalized spacial score (nSPS) is 13.3. The van der Waals surface area contributed by atoms with Crippen LogP contribution in [0.15, 0.2) is 35.7 Å². The highest BCUT2D eigenvalue weighted by Gasteiger charge is 2.25. The van der Waals surface area contributed by atoms with E-state index in [2.05, 4.69) is 10.0 Å². The number of hydrogen-bond donors (Lipinski definition) is 2. The molecule has 1 atom stereocenters. The predicted octanol–water partition coefficient (Wildman–Crippen LogP) is 1.75. The molecule has 0 aliphatic heterocycles. The molecule has 6 nitrogen and oxygen atoms in total. The predicted molar refractivity (Wildman–Crippen MR) is 95.7 cm³/mol. The van der Waals surface area contributed by atoms with Crippen LogP contribution in [0, 0.1) is 5.92 Å². The maximum atomic E-state index is 12.2. The van der Waals surface area contributed by atoms with Gasteiger partial charge in [-0.15, -0.1) is 0 Å². The lowest BCUT2D eigenvalue weighted by Gasteiger charge is -2.20. The van der Waals surface area contributed by atoms with Crippen LogP contribution in [-0.4, -0.2) is 40.6 Å². The molecule has 0 spiro atoms. The molecule has 2 N–H and O–H groups in total. The molecule has 0 bridgehead atoms. The van der Waals surface area contributed by atoms with Crippen LogP contribution >= 0.6 is 0 Å². The van der Waals surface area contributed by atoms with Crippen molar-refractivity contribution in [2.24, 2.45) is 5.92 Å². The summed E-state index contributed by atoms with van der Waals surface area (Å²) >= 11 is 0. The standard InChI is InChI=1S/C17H26N2O4S/c1-14(2)16(17(20)18-11-7-12-23-3)19-24(21,22)13-10-15-8-5-4-6-9-15/h4-6,8-10,13-14,16,19H,7,11-12H2,1-3H3,(H,18,20)/b13-10+/t16-/m0/s1. The second-order valence-electron chi connectivity index (χ2n) is 5.74. The first-order valence-corrected chi connectivity index (χ1v) is 9.42. The average molecular weight is 354 g/mol. The number of carbonyl (C=O) groups excluding carboxylic acids is 1. The van der Waals surface area contributed by atoms with Crippen molar-refractivity contribution in [1.29, 1.82) is 0 Å². The van der Waals surface area contributed by atoms with Gasteiger partial charge < -0.3 is 10.1 Å². The van der Waals surface area contributed by atoms with E-state index in [1.165, 1.54) is 6.08 Å². The summed E-state index contributed by atoms with van der Waals surface area (Å²) in [7, 11) is -2.13. The number of rotatable bonds is 10. The molecule has 0 fully saturated rings. The van der Waals surface area contributed by atoms with E-state index in [9.17, 15) is 13.2 Å². The van der Waals surface area contributed by atoms with Crippen LogP contribution in [0.5, 0.6) is 0 Å². The maximum Gasteiger partial charge on any atom is 0.238 e. The molecule has 0 saturated heterocycles. The fourth-order valence-electron chi connectivity index (χ4n) is 1.98. The molecule has 0 aromatic heterocycles. The van der Waals surface area contributed by atoms with Gasteiger partial charge in [0.1, 0.15) is 6.04 Å². The quantitative estimate of drug-likeness (QED) is 0.627. The van der Waals surface area contributed by atoms with E-state index in [-0.39, 0.29) is 11.8 Å². The molecule has 7 heteroatoms. The lowest BCUT2D eigenvalue weighted by atomic mass is 10.1. The minimum Gasteiger partial charge on any atom is -0.385 e. The van der Waals surface area contributed by atoms with Crippen molar-refractivity contribution in [3.63, 3.8) is 0 Å². The Balaban J connectivity index is 2.69. The molecule has 0 radical (unpaired) electrons. The fourth-order valence-corrected chi connectivity index (χ4v) is 3.13. The van der Waals surface area contributed by atoms with Crippen LogP contribution in [0.25, 0.3) is 6.08 Å². The summed E-state index contributed by atoms with van der Waals surface area (Å²) in [6.07, 6.45) is 2.17. The van der Waals surface area contributed by atoms with Gasteiger partial charge in [0, 0.05) is 25.7 Å². The van der Waals surface area contributed by atoms with Crippen LogP contribution in [0.1, 0.15) is 25.8 Å². The number of amides is 1. The number of nitrogens with one attached hydrogen (secondary N) is 2. The zero-order valence-electron chi connectivity index (χ0n) is 14.4. The monoisotopic (exact) mass is 354 g/mol. The van der Waals surface area contributed by atoms with Crippen LogP contribution in [0.4, 0.5) is 0 Å². The molecule has 24 heavy (non-hydrogen) atoms. The Morgan fingerprint density at radius 2 is 1.92 bits per heavy atom. The number of carbonyl (C=O) groups is 1. The van der Waals surface area contributed by atoms with Gasteiger partial charge in [-0.1, -0.05) is 44.2 Å². The van der Waals surface area contributed by atoms with Crippen molar-refractivity contribution in [1.82, 2.24) is 10.0 Å². The molecule has 1 aromatic rings. The van der Waals surface area contributed by atoms with Crippen LogP contribution in [0.2, 0.25) is 0 Å². The first-order chi connectivity index (χ1) is 11.4. The minimum absolute atomic E-state index is 0.174. The van der Waals surface area contributed by atoms with Gasteiger partial charge in [-0.3, -0.25) is 4.79 Å². The average Bonchev–Trinajstić information content (AvgIpc) is 2.55. The third-order valence-corrected chi connectivity index (χ3v) is 4.38. The Morgan fingerprint density at radius 1 is 1.25 bits per heavy atom. The maximum absolute atomic E-state index is 12.2. The smallest absolute Gasteiger partial charge is 0.238 e. The van der Waals surface area contributed by atoms with Crippen molar-refractivity contribution in [2.75, 3.05) is 20.3 Å². The van der Waals surface area contributed by atoms with E-state index in [4.69, 9.17) is 4.74 Å². The lowest BCUT2D eigenvalue weighted by molar-refractivity contribution is -0.123. The molecule has 0 saturated carbocycles. The van der Waals surface area contributed by atoms with E-state index in [1.807, 2.05) is 18.2 Å². The third kappa shape index (κ3) is 7.72. The van der Waals surface area contributed by atoms with Crippen molar-refractivity contribution in [3.05, 3.63) is 41.3 Å². The summed E-state index contributed by atoms with van der Waals surface area (Å²) in [5, 5.41) is 3.80. The Hall–Kier alpha value is -1.70. The topological polar surface area (TPSA) is 84.5 Å². The third-order valence-electron chi connectivity index (χ3n) is 3.30. The van der Waals surface area contributed by atoms with Crippen LogP contribution in [0.3, 0.4) is 0 Å². The Bertz CT molecular complexity index is 627. The summed E-state index contributed by atoms with van der Waals surface area (Å²) < 4.78 is 31.8. The number of methoxy groups -OCH3 is 1. The summed E-state index contributed by atoms with van der Waals surface area (Å²) in [6, 6.07) is 8.28. The van der Waals surface area contributed by atoms with Crippen molar-refractivity contribution < 1.29 is 17.9 Å². The minimum atomic E-state index is -3.72. The van der Waals surface area contributed by atoms with Gasteiger partial charge in [0.25, 0.3) is 0 Å². The molecular weight excluding hydrogens is 328 g/mol. The largest absolute Gasteiger partial charge is 0.385 e. The molecule has 1 amide bonds. The SMILES string of the molecule is COCCCNC(=O)[C@@H](NS(=O)(=O)/C=C/c1ccccc1)C(C)C. The molecule has 0 aliphatic rings. The highest BCUT2D eigenvalue weighted by molar-refractivity contribution is 7.92. The van der Waals surface area contributed by atoms with E-state index < -0.39 is 16.1 Å². The fraction of sp³-hybridized carbons (Fsp3) is 0.471. The van der Waals surface area contributed by atoms with Crippen LogP contribution < -0.4 is 10.0 Å². The van der Waals surface area contributed by atoms with Gasteiger partial charge in [0.05, 0.1) is 0 Å². The van der Waals surface area contributed by atoms with E-state index in [0.29, 0.717) is 19.6 Å². The second-order valence-corrected chi connectivity index (χ2v) is 7.33. The van der Waals surface area contributed by atoms with Gasteiger partial charge in [0.2, 0.25) is 15.9 Å². The molecule has 134 valence electrons. The molecule has 1 aromatic carbocycles. The first kappa shape index (κ1) is 20.3. The first-order valence-electron chi connectivity index (χ1n) is 7.88. The summed E-state index contributed by atoms with van der Waals surface area (Å²) in [4.78, 5) is 12.2. The summed E-state index contributed by atoms with van der Waals surface area (Å²) in [5.74, 6) is -0.509. The number of sulfonamides is 1. The highest BCUT2D eigenvalue weighted by Crippen LogP contribution is 2.07. The van der Waals surface area contributed by atoms with Gasteiger partial charge in [-0.2, -0.15) is 4.72 Å². The van der Waals surface area contributed by atoms with E-state index in [1.54, 1.807) is 33.1 Å². The zero-order valence-corrected chi connectivity index (χ0v) is 15.2. The number of benzene rings is 1. The van der Waals surface area contributed by atoms with Gasteiger partial charge >= 0.3 is 0 Å². The van der Waals surface area contributed by atoms with Crippen molar-refractivity contribution in [3.8, 4) is 0 Å². The zero-order chi connectivity index (χ0) is 18.0. The summed E-state index contributed by atoms with van der Waals surface area (Å²) in [5.41, 5.74) is 0.771. The highest BCUT2D eigenvalue weighted by atomic mass is 32.2. The van der Waals surface area contributed by atoms with E-state index >= 15 is 0 Å². The lowest BCUT2D eigenvalue weighted by Crippen LogP contribution is -2.49.